The minimum absolute atomic E-state index is 0.0635. The first-order valence-corrected chi connectivity index (χ1v) is 11.9. The number of rotatable bonds is 10. The maximum absolute atomic E-state index is 12.8. The zero-order valence-electron chi connectivity index (χ0n) is 19.7. The fourth-order valence-electron chi connectivity index (χ4n) is 4.55. The van der Waals surface area contributed by atoms with Crippen molar-refractivity contribution < 1.29 is 24.2 Å². The van der Waals surface area contributed by atoms with Crippen LogP contribution in [0.5, 0.6) is 0 Å². The highest BCUT2D eigenvalue weighted by Gasteiger charge is 2.50. The van der Waals surface area contributed by atoms with E-state index in [9.17, 15) is 19.5 Å². The fourth-order valence-corrected chi connectivity index (χ4v) is 4.55. The predicted octanol–water partition coefficient (Wildman–Crippen LogP) is 4.31. The molecule has 2 amide bonds. The lowest BCUT2D eigenvalue weighted by Crippen LogP contribution is -2.49. The molecular weight excluding hydrogens is 432 g/mol. The average molecular weight is 465 g/mol. The summed E-state index contributed by atoms with van der Waals surface area (Å²) in [6.45, 7) is 4.34. The number of hydrogen-bond donors (Lipinski definition) is 3. The molecule has 7 nitrogen and oxygen atoms in total. The van der Waals surface area contributed by atoms with Crippen molar-refractivity contribution in [2.24, 2.45) is 11.3 Å². The molecule has 0 radical (unpaired) electrons. The third kappa shape index (κ3) is 5.08. The highest BCUT2D eigenvalue weighted by atomic mass is 16.5. The molecule has 1 fully saturated rings. The molecule has 3 N–H and O–H groups in total. The summed E-state index contributed by atoms with van der Waals surface area (Å²) in [5.74, 6) is -0.975. The van der Waals surface area contributed by atoms with Gasteiger partial charge in [-0.25, -0.2) is 4.79 Å². The Hall–Kier alpha value is -3.35. The molecule has 0 bridgehead atoms. The first-order chi connectivity index (χ1) is 16.3. The van der Waals surface area contributed by atoms with Gasteiger partial charge in [0.05, 0.1) is 5.41 Å². The molecular formula is C27H32N2O5. The van der Waals surface area contributed by atoms with E-state index in [1.54, 1.807) is 0 Å². The van der Waals surface area contributed by atoms with E-state index in [-0.39, 0.29) is 25.0 Å². The second-order valence-corrected chi connectivity index (χ2v) is 9.80. The second-order valence-electron chi connectivity index (χ2n) is 9.80. The molecule has 0 aromatic heterocycles. The molecule has 1 unspecified atom stereocenters. The molecule has 2 aromatic carbocycles. The number of fused-ring (bicyclic) bond motifs is 3. The van der Waals surface area contributed by atoms with Crippen molar-refractivity contribution >= 4 is 18.0 Å². The molecule has 0 heterocycles. The summed E-state index contributed by atoms with van der Waals surface area (Å²) in [5.41, 5.74) is 3.67. The number of alkyl carbamates (subject to hydrolysis) is 1. The minimum Gasteiger partial charge on any atom is -0.481 e. The number of benzene rings is 2. The van der Waals surface area contributed by atoms with Crippen molar-refractivity contribution in [2.75, 3.05) is 13.2 Å². The summed E-state index contributed by atoms with van der Waals surface area (Å²) in [7, 11) is 0. The van der Waals surface area contributed by atoms with Gasteiger partial charge in [-0.3, -0.25) is 9.59 Å². The van der Waals surface area contributed by atoms with Gasteiger partial charge >= 0.3 is 12.1 Å². The van der Waals surface area contributed by atoms with Gasteiger partial charge in [0.1, 0.15) is 12.6 Å². The Morgan fingerprint density at radius 2 is 1.59 bits per heavy atom. The van der Waals surface area contributed by atoms with Crippen LogP contribution in [-0.2, 0) is 14.3 Å². The molecule has 2 aliphatic carbocycles. The number of hydrogen-bond acceptors (Lipinski definition) is 4. The molecule has 7 heteroatoms. The SMILES string of the molecule is CC(C)CCC(NC(=O)OCC1c2ccccc2-c2ccccc21)C(=O)NCC1(C(=O)O)CC1. The number of amides is 2. The van der Waals surface area contributed by atoms with Gasteiger partial charge in [-0.05, 0) is 53.9 Å². The van der Waals surface area contributed by atoms with E-state index in [4.69, 9.17) is 4.74 Å². The summed E-state index contributed by atoms with van der Waals surface area (Å²) >= 11 is 0. The number of carbonyl (C=O) groups excluding carboxylic acids is 2. The number of carboxylic acid groups (broad SMARTS) is 1. The summed E-state index contributed by atoms with van der Waals surface area (Å²) in [5, 5.41) is 14.8. The van der Waals surface area contributed by atoms with E-state index in [1.807, 2.05) is 38.1 Å². The van der Waals surface area contributed by atoms with Gasteiger partial charge in [0.25, 0.3) is 0 Å². The maximum atomic E-state index is 12.8. The molecule has 0 saturated heterocycles. The lowest BCUT2D eigenvalue weighted by Gasteiger charge is -2.21. The van der Waals surface area contributed by atoms with Crippen molar-refractivity contribution in [1.29, 1.82) is 0 Å². The van der Waals surface area contributed by atoms with Crippen LogP contribution in [-0.4, -0.2) is 42.3 Å². The molecule has 0 spiro atoms. The molecule has 4 rings (SSSR count). The summed E-state index contributed by atoms with van der Waals surface area (Å²) in [4.78, 5) is 36.9. The van der Waals surface area contributed by atoms with Crippen LogP contribution in [0.2, 0.25) is 0 Å². The Morgan fingerprint density at radius 3 is 2.12 bits per heavy atom. The molecule has 2 aromatic rings. The number of carbonyl (C=O) groups is 3. The van der Waals surface area contributed by atoms with Gasteiger partial charge < -0.3 is 20.5 Å². The normalized spacial score (nSPS) is 16.3. The zero-order chi connectivity index (χ0) is 24.3. The second kappa shape index (κ2) is 9.87. The lowest BCUT2D eigenvalue weighted by atomic mass is 9.98. The lowest BCUT2D eigenvalue weighted by molar-refractivity contribution is -0.143. The molecule has 180 valence electrons. The van der Waals surface area contributed by atoms with E-state index in [2.05, 4.69) is 34.9 Å². The van der Waals surface area contributed by atoms with Gasteiger partial charge in [-0.2, -0.15) is 0 Å². The largest absolute Gasteiger partial charge is 0.481 e. The predicted molar refractivity (Wildman–Crippen MR) is 128 cm³/mol. The summed E-state index contributed by atoms with van der Waals surface area (Å²) in [6, 6.07) is 15.4. The number of carboxylic acids is 1. The molecule has 0 aliphatic heterocycles. The Balaban J connectivity index is 1.38. The number of aliphatic carboxylic acids is 1. The molecule has 2 aliphatic rings. The van der Waals surface area contributed by atoms with E-state index in [0.717, 1.165) is 28.7 Å². The minimum atomic E-state index is -0.893. The first kappa shape index (κ1) is 23.8. The number of ether oxygens (including phenoxy) is 1. The van der Waals surface area contributed by atoms with Gasteiger partial charge in [-0.1, -0.05) is 62.4 Å². The summed E-state index contributed by atoms with van der Waals surface area (Å²) in [6.07, 6.45) is 1.66. The van der Waals surface area contributed by atoms with E-state index < -0.39 is 23.5 Å². The Bertz CT molecular complexity index is 1030. The smallest absolute Gasteiger partial charge is 0.407 e. The van der Waals surface area contributed by atoms with Crippen molar-refractivity contribution in [3.63, 3.8) is 0 Å². The van der Waals surface area contributed by atoms with Crippen LogP contribution in [0.4, 0.5) is 4.79 Å². The third-order valence-electron chi connectivity index (χ3n) is 6.89. The topological polar surface area (TPSA) is 105 Å². The van der Waals surface area contributed by atoms with Crippen LogP contribution in [0.15, 0.2) is 48.5 Å². The highest BCUT2D eigenvalue weighted by molar-refractivity contribution is 5.87. The van der Waals surface area contributed by atoms with Crippen molar-refractivity contribution in [2.45, 2.75) is 51.5 Å². The zero-order valence-corrected chi connectivity index (χ0v) is 19.7. The van der Waals surface area contributed by atoms with Crippen LogP contribution >= 0.6 is 0 Å². The van der Waals surface area contributed by atoms with E-state index in [0.29, 0.717) is 25.2 Å². The van der Waals surface area contributed by atoms with Crippen molar-refractivity contribution in [3.05, 3.63) is 59.7 Å². The summed E-state index contributed by atoms with van der Waals surface area (Å²) < 4.78 is 5.60. The monoisotopic (exact) mass is 464 g/mol. The molecule has 1 saturated carbocycles. The highest BCUT2D eigenvalue weighted by Crippen LogP contribution is 2.45. The molecule has 34 heavy (non-hydrogen) atoms. The van der Waals surface area contributed by atoms with Crippen LogP contribution in [0, 0.1) is 11.3 Å². The fraction of sp³-hybridized carbons (Fsp3) is 0.444. The van der Waals surface area contributed by atoms with Gasteiger partial charge in [0, 0.05) is 12.5 Å². The number of nitrogens with one attached hydrogen (secondary N) is 2. The van der Waals surface area contributed by atoms with E-state index in [1.165, 1.54) is 0 Å². The van der Waals surface area contributed by atoms with Gasteiger partial charge in [0.2, 0.25) is 5.91 Å². The quantitative estimate of drug-likeness (QED) is 0.486. The van der Waals surface area contributed by atoms with E-state index >= 15 is 0 Å². The maximum Gasteiger partial charge on any atom is 0.407 e. The van der Waals surface area contributed by atoms with Crippen LogP contribution < -0.4 is 10.6 Å². The van der Waals surface area contributed by atoms with Crippen LogP contribution in [0.1, 0.15) is 56.6 Å². The van der Waals surface area contributed by atoms with Gasteiger partial charge in [-0.15, -0.1) is 0 Å². The van der Waals surface area contributed by atoms with Crippen LogP contribution in [0.25, 0.3) is 11.1 Å². The Kier molecular flexibility index (Phi) is 6.91. The Labute approximate surface area is 199 Å². The average Bonchev–Trinajstić information content (AvgIpc) is 3.56. The third-order valence-corrected chi connectivity index (χ3v) is 6.89. The van der Waals surface area contributed by atoms with Crippen molar-refractivity contribution in [1.82, 2.24) is 10.6 Å². The van der Waals surface area contributed by atoms with Gasteiger partial charge in [0.15, 0.2) is 0 Å². The van der Waals surface area contributed by atoms with Crippen molar-refractivity contribution in [3.8, 4) is 11.1 Å². The van der Waals surface area contributed by atoms with Crippen LogP contribution in [0.3, 0.4) is 0 Å². The molecule has 1 atom stereocenters. The first-order valence-electron chi connectivity index (χ1n) is 11.9. The standard InChI is InChI=1S/C27H32N2O5/c1-17(2)11-12-23(24(30)28-16-27(13-14-27)25(31)32)29-26(33)34-15-22-20-9-5-3-7-18(20)19-8-4-6-10-21(19)22/h3-10,17,22-23H,11-16H2,1-2H3,(H,28,30)(H,29,33)(H,31,32). The Morgan fingerprint density at radius 1 is 1.00 bits per heavy atom.